The number of hydrogen-bond donors (Lipinski definition) is 0. The van der Waals surface area contributed by atoms with Crippen molar-refractivity contribution in [2.75, 3.05) is 9.80 Å². The van der Waals surface area contributed by atoms with Crippen LogP contribution in [0.5, 0.6) is 0 Å². The van der Waals surface area contributed by atoms with Crippen LogP contribution < -0.4 is 9.80 Å². The minimum atomic E-state index is -0.0810. The van der Waals surface area contributed by atoms with Crippen LogP contribution in [0.4, 0.5) is 28.4 Å². The molecule has 53 heavy (non-hydrogen) atoms. The van der Waals surface area contributed by atoms with Gasteiger partial charge in [0.05, 0.1) is 6.04 Å². The van der Waals surface area contributed by atoms with Gasteiger partial charge in [-0.25, -0.2) is 0 Å². The summed E-state index contributed by atoms with van der Waals surface area (Å²) >= 11 is 0. The van der Waals surface area contributed by atoms with E-state index in [-0.39, 0.29) is 5.41 Å². The van der Waals surface area contributed by atoms with Crippen molar-refractivity contribution in [1.29, 1.82) is 0 Å². The number of rotatable bonds is 6. The predicted octanol–water partition coefficient (Wildman–Crippen LogP) is 13.5. The van der Waals surface area contributed by atoms with E-state index in [1.807, 2.05) is 0 Å². The zero-order valence-electron chi connectivity index (χ0n) is 30.1. The molecule has 2 nitrogen and oxygen atoms in total. The summed E-state index contributed by atoms with van der Waals surface area (Å²) in [6.45, 7) is 4.71. The first-order valence-electron chi connectivity index (χ1n) is 18.7. The fourth-order valence-corrected chi connectivity index (χ4v) is 8.91. The van der Waals surface area contributed by atoms with Crippen LogP contribution >= 0.6 is 0 Å². The van der Waals surface area contributed by atoms with Crippen LogP contribution in [0.15, 0.2) is 188 Å². The molecule has 0 N–H and O–H groups in total. The molecule has 0 spiro atoms. The Hall–Kier alpha value is -6.38. The summed E-state index contributed by atoms with van der Waals surface area (Å²) in [6.07, 6.45) is 5.80. The van der Waals surface area contributed by atoms with Crippen molar-refractivity contribution in [3.05, 3.63) is 210 Å². The van der Waals surface area contributed by atoms with Gasteiger partial charge in [0.15, 0.2) is 0 Å². The lowest BCUT2D eigenvalue weighted by atomic mass is 9.82. The van der Waals surface area contributed by atoms with Gasteiger partial charge in [0.1, 0.15) is 0 Å². The lowest BCUT2D eigenvalue weighted by Gasteiger charge is -2.30. The Bertz CT molecular complexity index is 2540. The summed E-state index contributed by atoms with van der Waals surface area (Å²) in [6, 6.07) is 64.7. The Morgan fingerprint density at radius 3 is 1.81 bits per heavy atom. The normalized spacial score (nSPS) is 16.2. The minimum Gasteiger partial charge on any atom is -0.333 e. The summed E-state index contributed by atoms with van der Waals surface area (Å²) in [5, 5.41) is 0. The van der Waals surface area contributed by atoms with Gasteiger partial charge in [-0.3, -0.25) is 0 Å². The van der Waals surface area contributed by atoms with Gasteiger partial charge in [-0.1, -0.05) is 141 Å². The van der Waals surface area contributed by atoms with Crippen LogP contribution in [-0.4, -0.2) is 6.04 Å². The molecule has 1 aliphatic heterocycles. The monoisotopic (exact) mass is 680 g/mol. The fraction of sp³-hybridized carbons (Fsp3) is 0.0980. The largest absolute Gasteiger partial charge is 0.333 e. The van der Waals surface area contributed by atoms with Crippen molar-refractivity contribution in [3.8, 4) is 22.3 Å². The standard InChI is InChI=1S/C51H40N2/c1-51(2)47-19-11-9-17-43(47)44-31-30-42(34-48(44)51)52(40-26-21-36(22-27-40)35-13-5-3-6-14-35)41-28-23-37(24-29-41)38-25-32-50-46(33-38)45-18-10-12-20-49(45)53(50)39-15-7-4-8-16-39/h3-31,33-34,50H,32H2,1-2H3. The number of nitrogens with zero attached hydrogens (tertiary/aromatic N) is 2. The number of hydrogen-bond acceptors (Lipinski definition) is 2. The first-order valence-corrected chi connectivity index (χ1v) is 18.7. The smallest absolute Gasteiger partial charge is 0.0633 e. The molecule has 254 valence electrons. The summed E-state index contributed by atoms with van der Waals surface area (Å²) in [4.78, 5) is 4.92. The van der Waals surface area contributed by atoms with E-state index < -0.39 is 0 Å². The molecule has 0 radical (unpaired) electrons. The maximum absolute atomic E-state index is 2.51. The van der Waals surface area contributed by atoms with Crippen molar-refractivity contribution >= 4 is 39.6 Å². The van der Waals surface area contributed by atoms with Crippen LogP contribution in [-0.2, 0) is 5.41 Å². The average Bonchev–Trinajstić information content (AvgIpc) is 3.67. The van der Waals surface area contributed by atoms with E-state index >= 15 is 0 Å². The quantitative estimate of drug-likeness (QED) is 0.172. The van der Waals surface area contributed by atoms with Crippen molar-refractivity contribution in [2.24, 2.45) is 0 Å². The second kappa shape index (κ2) is 12.4. The first kappa shape index (κ1) is 31.4. The van der Waals surface area contributed by atoms with E-state index in [0.29, 0.717) is 6.04 Å². The lowest BCUT2D eigenvalue weighted by Crippen LogP contribution is -2.27. The number of allylic oxidation sites excluding steroid dienone is 2. The highest BCUT2D eigenvalue weighted by molar-refractivity contribution is 5.99. The highest BCUT2D eigenvalue weighted by atomic mass is 15.2. The molecule has 0 saturated heterocycles. The van der Waals surface area contributed by atoms with Crippen LogP contribution in [0.1, 0.15) is 42.5 Å². The Morgan fingerprint density at radius 1 is 0.509 bits per heavy atom. The van der Waals surface area contributed by atoms with Crippen molar-refractivity contribution in [1.82, 2.24) is 0 Å². The molecule has 0 aromatic heterocycles. The van der Waals surface area contributed by atoms with Gasteiger partial charge in [-0.2, -0.15) is 0 Å². The Labute approximate surface area is 312 Å². The maximum Gasteiger partial charge on any atom is 0.0633 e. The summed E-state index contributed by atoms with van der Waals surface area (Å²) < 4.78 is 0. The third-order valence-corrected chi connectivity index (χ3v) is 11.6. The SMILES string of the molecule is CC1(C)c2ccccc2-c2ccc(N(c3ccc(C4=CCC5C(=C4)c4ccccc4N5c4ccccc4)cc3)c3ccc(-c4ccccc4)cc3)cc21. The summed E-state index contributed by atoms with van der Waals surface area (Å²) in [5.74, 6) is 0. The molecule has 2 aliphatic carbocycles. The number of fused-ring (bicyclic) bond motifs is 6. The zero-order chi connectivity index (χ0) is 35.5. The van der Waals surface area contributed by atoms with Crippen LogP contribution in [0.25, 0.3) is 33.4 Å². The van der Waals surface area contributed by atoms with Crippen LogP contribution in [0.3, 0.4) is 0 Å². The molecule has 10 rings (SSSR count). The molecule has 0 amide bonds. The van der Waals surface area contributed by atoms with E-state index in [9.17, 15) is 0 Å². The minimum absolute atomic E-state index is 0.0810. The van der Waals surface area contributed by atoms with Gasteiger partial charge in [-0.15, -0.1) is 0 Å². The molecule has 1 heterocycles. The molecule has 1 unspecified atom stereocenters. The summed E-state index contributed by atoms with van der Waals surface area (Å²) in [7, 11) is 0. The van der Waals surface area contributed by atoms with Crippen molar-refractivity contribution in [3.63, 3.8) is 0 Å². The lowest BCUT2D eigenvalue weighted by molar-refractivity contribution is 0.660. The highest BCUT2D eigenvalue weighted by Crippen LogP contribution is 2.51. The van der Waals surface area contributed by atoms with Gasteiger partial charge in [-0.05, 0) is 117 Å². The first-order chi connectivity index (χ1) is 26.0. The molecule has 7 aromatic carbocycles. The van der Waals surface area contributed by atoms with Gasteiger partial charge >= 0.3 is 0 Å². The molecule has 1 atom stereocenters. The second-order valence-electron chi connectivity index (χ2n) is 14.9. The molecular weight excluding hydrogens is 641 g/mol. The Kier molecular flexibility index (Phi) is 7.33. The van der Waals surface area contributed by atoms with Gasteiger partial charge in [0.25, 0.3) is 0 Å². The van der Waals surface area contributed by atoms with Crippen molar-refractivity contribution in [2.45, 2.75) is 31.7 Å². The average molecular weight is 681 g/mol. The number of anilines is 5. The Balaban J connectivity index is 1.02. The van der Waals surface area contributed by atoms with E-state index in [4.69, 9.17) is 0 Å². The van der Waals surface area contributed by atoms with Gasteiger partial charge < -0.3 is 9.80 Å². The molecular formula is C51H40N2. The number of benzene rings is 7. The van der Waals surface area contributed by atoms with Gasteiger partial charge in [0.2, 0.25) is 0 Å². The highest BCUT2D eigenvalue weighted by Gasteiger charge is 2.37. The third kappa shape index (κ3) is 5.17. The zero-order valence-corrected chi connectivity index (χ0v) is 30.1. The van der Waals surface area contributed by atoms with Crippen LogP contribution in [0.2, 0.25) is 0 Å². The molecule has 0 bridgehead atoms. The molecule has 2 heteroatoms. The molecule has 0 saturated carbocycles. The summed E-state index contributed by atoms with van der Waals surface area (Å²) in [5.41, 5.74) is 19.0. The molecule has 7 aromatic rings. The Morgan fingerprint density at radius 2 is 1.08 bits per heavy atom. The van der Waals surface area contributed by atoms with Crippen LogP contribution in [0, 0.1) is 0 Å². The molecule has 0 fully saturated rings. The van der Waals surface area contributed by atoms with E-state index in [1.165, 1.54) is 67.0 Å². The van der Waals surface area contributed by atoms with E-state index in [0.717, 1.165) is 23.5 Å². The molecule has 3 aliphatic rings. The second-order valence-corrected chi connectivity index (χ2v) is 14.9. The van der Waals surface area contributed by atoms with Crippen molar-refractivity contribution < 1.29 is 0 Å². The third-order valence-electron chi connectivity index (χ3n) is 11.6. The van der Waals surface area contributed by atoms with E-state index in [2.05, 4.69) is 212 Å². The topological polar surface area (TPSA) is 6.48 Å². The van der Waals surface area contributed by atoms with Gasteiger partial charge in [0, 0.05) is 39.4 Å². The fourth-order valence-electron chi connectivity index (χ4n) is 8.91. The number of para-hydroxylation sites is 2. The van der Waals surface area contributed by atoms with E-state index in [1.54, 1.807) is 0 Å². The maximum atomic E-state index is 2.51. The predicted molar refractivity (Wildman–Crippen MR) is 224 cm³/mol.